The van der Waals surface area contributed by atoms with E-state index in [4.69, 9.17) is 0 Å². The zero-order chi connectivity index (χ0) is 17.3. The molecule has 1 saturated heterocycles. The van der Waals surface area contributed by atoms with Gasteiger partial charge in [-0.25, -0.2) is 4.79 Å². The molecule has 0 aliphatic carbocycles. The first-order chi connectivity index (χ1) is 11.3. The first kappa shape index (κ1) is 15.8. The number of hydrogen-bond donors (Lipinski definition) is 3. The summed E-state index contributed by atoms with van der Waals surface area (Å²) in [5.41, 5.74) is 0.661. The predicted octanol–water partition coefficient (Wildman–Crippen LogP) is 1.61. The van der Waals surface area contributed by atoms with Crippen LogP contribution in [0.2, 0.25) is 0 Å². The average molecular weight is 340 g/mol. The van der Waals surface area contributed by atoms with Crippen LogP contribution in [0.15, 0.2) is 24.3 Å². The highest BCUT2D eigenvalue weighted by Crippen LogP contribution is 2.26. The SMILES string of the molecule is O=C(Nc1n[nH]c(C(F)(F)F)n1)c1cccc(N2CCNC2=O)c1. The lowest BCUT2D eigenvalue weighted by molar-refractivity contribution is -0.144. The second-order valence-electron chi connectivity index (χ2n) is 4.89. The van der Waals surface area contributed by atoms with Crippen LogP contribution in [-0.2, 0) is 6.18 Å². The number of hydrogen-bond acceptors (Lipinski definition) is 4. The Morgan fingerprint density at radius 2 is 2.12 bits per heavy atom. The fourth-order valence-electron chi connectivity index (χ4n) is 2.15. The largest absolute Gasteiger partial charge is 0.451 e. The van der Waals surface area contributed by atoms with Gasteiger partial charge >= 0.3 is 12.2 Å². The van der Waals surface area contributed by atoms with Gasteiger partial charge in [0.05, 0.1) is 0 Å². The molecule has 11 heteroatoms. The van der Waals surface area contributed by atoms with Gasteiger partial charge in [-0.3, -0.25) is 20.1 Å². The molecule has 0 saturated carbocycles. The van der Waals surface area contributed by atoms with Crippen molar-refractivity contribution in [2.75, 3.05) is 23.3 Å². The van der Waals surface area contributed by atoms with Gasteiger partial charge in [-0.15, -0.1) is 5.10 Å². The van der Waals surface area contributed by atoms with Gasteiger partial charge < -0.3 is 5.32 Å². The molecular formula is C13H11F3N6O2. The van der Waals surface area contributed by atoms with Gasteiger partial charge in [0.2, 0.25) is 11.8 Å². The number of benzene rings is 1. The zero-order valence-corrected chi connectivity index (χ0v) is 12.0. The summed E-state index contributed by atoms with van der Waals surface area (Å²) in [7, 11) is 0. The average Bonchev–Trinajstić information content (AvgIpc) is 3.16. The minimum atomic E-state index is -4.68. The van der Waals surface area contributed by atoms with Crippen molar-refractivity contribution in [1.29, 1.82) is 0 Å². The third kappa shape index (κ3) is 3.14. The van der Waals surface area contributed by atoms with Gasteiger partial charge in [-0.2, -0.15) is 18.2 Å². The molecule has 0 radical (unpaired) electrons. The maximum Gasteiger partial charge on any atom is 0.451 e. The van der Waals surface area contributed by atoms with Crippen LogP contribution in [0.1, 0.15) is 16.2 Å². The van der Waals surface area contributed by atoms with Gasteiger partial charge in [0.25, 0.3) is 5.91 Å². The summed E-state index contributed by atoms with van der Waals surface area (Å²) in [6.45, 7) is 0.951. The number of nitrogens with zero attached hydrogens (tertiary/aromatic N) is 3. The molecule has 2 heterocycles. The monoisotopic (exact) mass is 340 g/mol. The molecule has 0 atom stereocenters. The highest BCUT2D eigenvalue weighted by Gasteiger charge is 2.35. The van der Waals surface area contributed by atoms with Crippen LogP contribution in [0.4, 0.5) is 29.6 Å². The number of rotatable bonds is 3. The van der Waals surface area contributed by atoms with Gasteiger partial charge in [0, 0.05) is 24.3 Å². The van der Waals surface area contributed by atoms with Crippen molar-refractivity contribution in [1.82, 2.24) is 20.5 Å². The molecular weight excluding hydrogens is 329 g/mol. The van der Waals surface area contributed by atoms with Crippen LogP contribution >= 0.6 is 0 Å². The van der Waals surface area contributed by atoms with Gasteiger partial charge in [0.15, 0.2) is 0 Å². The van der Waals surface area contributed by atoms with E-state index in [9.17, 15) is 22.8 Å². The fraction of sp³-hybridized carbons (Fsp3) is 0.231. The van der Waals surface area contributed by atoms with E-state index >= 15 is 0 Å². The van der Waals surface area contributed by atoms with E-state index in [0.29, 0.717) is 18.8 Å². The molecule has 126 valence electrons. The van der Waals surface area contributed by atoms with E-state index in [1.54, 1.807) is 17.2 Å². The Bertz CT molecular complexity index is 788. The Balaban J connectivity index is 1.76. The van der Waals surface area contributed by atoms with Crippen LogP contribution in [0.25, 0.3) is 0 Å². The summed E-state index contributed by atoms with van der Waals surface area (Å²) in [6, 6.07) is 5.85. The predicted molar refractivity (Wildman–Crippen MR) is 76.5 cm³/mol. The number of H-pyrrole nitrogens is 1. The first-order valence-electron chi connectivity index (χ1n) is 6.81. The molecule has 1 aliphatic rings. The van der Waals surface area contributed by atoms with Crippen LogP contribution in [-0.4, -0.2) is 40.2 Å². The van der Waals surface area contributed by atoms with E-state index < -0.39 is 23.9 Å². The summed E-state index contributed by atoms with van der Waals surface area (Å²) in [6.07, 6.45) is -4.68. The standard InChI is InChI=1S/C13H11F3N6O2/c14-13(15,16)10-19-11(21-20-10)18-9(23)7-2-1-3-8(6-7)22-5-4-17-12(22)24/h1-3,6H,4-5H2,(H,17,24)(H2,18,19,20,21,23). The number of anilines is 2. The van der Waals surface area contributed by atoms with Gasteiger partial charge in [-0.05, 0) is 18.2 Å². The lowest BCUT2D eigenvalue weighted by atomic mass is 10.2. The third-order valence-corrected chi connectivity index (χ3v) is 3.26. The number of aromatic nitrogens is 3. The molecule has 2 aromatic rings. The van der Waals surface area contributed by atoms with Crippen LogP contribution in [0.5, 0.6) is 0 Å². The Kier molecular flexibility index (Phi) is 3.83. The molecule has 1 aromatic heterocycles. The van der Waals surface area contributed by atoms with Gasteiger partial charge in [-0.1, -0.05) is 6.07 Å². The molecule has 0 spiro atoms. The third-order valence-electron chi connectivity index (χ3n) is 3.26. The highest BCUT2D eigenvalue weighted by molar-refractivity contribution is 6.04. The second kappa shape index (κ2) is 5.83. The van der Waals surface area contributed by atoms with Crippen molar-refractivity contribution >= 4 is 23.6 Å². The number of amides is 3. The van der Waals surface area contributed by atoms with Crippen molar-refractivity contribution in [2.45, 2.75) is 6.18 Å². The number of halogens is 3. The molecule has 0 unspecified atom stereocenters. The van der Waals surface area contributed by atoms with Crippen LogP contribution in [0.3, 0.4) is 0 Å². The van der Waals surface area contributed by atoms with Crippen molar-refractivity contribution in [2.24, 2.45) is 0 Å². The molecule has 24 heavy (non-hydrogen) atoms. The topological polar surface area (TPSA) is 103 Å². The second-order valence-corrected chi connectivity index (χ2v) is 4.89. The maximum absolute atomic E-state index is 12.4. The number of carbonyl (C=O) groups is 2. The summed E-state index contributed by atoms with van der Waals surface area (Å²) in [5.74, 6) is -2.49. The molecule has 1 fully saturated rings. The number of carbonyl (C=O) groups excluding carboxylic acids is 2. The molecule has 3 amide bonds. The van der Waals surface area contributed by atoms with Crippen molar-refractivity contribution in [3.8, 4) is 0 Å². The Morgan fingerprint density at radius 1 is 1.33 bits per heavy atom. The minimum Gasteiger partial charge on any atom is -0.336 e. The van der Waals surface area contributed by atoms with Crippen LogP contribution in [0, 0.1) is 0 Å². The fourth-order valence-corrected chi connectivity index (χ4v) is 2.15. The van der Waals surface area contributed by atoms with Crippen molar-refractivity contribution < 1.29 is 22.8 Å². The summed E-state index contributed by atoms with van der Waals surface area (Å²) < 4.78 is 37.3. The maximum atomic E-state index is 12.4. The Labute approximate surface area is 133 Å². The smallest absolute Gasteiger partial charge is 0.336 e. The number of nitrogens with one attached hydrogen (secondary N) is 3. The summed E-state index contributed by atoms with van der Waals surface area (Å²) >= 11 is 0. The van der Waals surface area contributed by atoms with E-state index in [1.807, 2.05) is 0 Å². The molecule has 0 bridgehead atoms. The van der Waals surface area contributed by atoms with E-state index in [0.717, 1.165) is 0 Å². The zero-order valence-electron chi connectivity index (χ0n) is 12.0. The van der Waals surface area contributed by atoms with E-state index in [1.165, 1.54) is 17.0 Å². The molecule has 1 aliphatic heterocycles. The normalized spacial score (nSPS) is 14.6. The molecule has 8 nitrogen and oxygen atoms in total. The Hall–Kier alpha value is -3.11. The summed E-state index contributed by atoms with van der Waals surface area (Å²) in [4.78, 5) is 28.4. The molecule has 1 aromatic carbocycles. The number of urea groups is 1. The van der Waals surface area contributed by atoms with Gasteiger partial charge in [0.1, 0.15) is 0 Å². The molecule has 3 N–H and O–H groups in total. The Morgan fingerprint density at radius 3 is 2.75 bits per heavy atom. The number of alkyl halides is 3. The lowest BCUT2D eigenvalue weighted by Crippen LogP contribution is -2.27. The minimum absolute atomic E-state index is 0.158. The highest BCUT2D eigenvalue weighted by atomic mass is 19.4. The van der Waals surface area contributed by atoms with Crippen molar-refractivity contribution in [3.05, 3.63) is 35.7 Å². The quantitative estimate of drug-likeness (QED) is 0.790. The summed E-state index contributed by atoms with van der Waals surface area (Å²) in [5, 5.41) is 9.80. The molecule has 3 rings (SSSR count). The van der Waals surface area contributed by atoms with E-state index in [-0.39, 0.29) is 11.6 Å². The van der Waals surface area contributed by atoms with Crippen molar-refractivity contribution in [3.63, 3.8) is 0 Å². The van der Waals surface area contributed by atoms with E-state index in [2.05, 4.69) is 20.7 Å². The lowest BCUT2D eigenvalue weighted by Gasteiger charge is -2.14. The van der Waals surface area contributed by atoms with Crippen LogP contribution < -0.4 is 15.5 Å². The number of aromatic amines is 1. The first-order valence-corrected chi connectivity index (χ1v) is 6.81.